The summed E-state index contributed by atoms with van der Waals surface area (Å²) in [5.41, 5.74) is 0.467. The lowest BCUT2D eigenvalue weighted by Gasteiger charge is -2.05. The van der Waals surface area contributed by atoms with Gasteiger partial charge >= 0.3 is 6.61 Å². The van der Waals surface area contributed by atoms with Crippen LogP contribution in [0.5, 0.6) is 5.75 Å². The molecule has 1 aromatic carbocycles. The molecule has 1 rings (SSSR count). The molecule has 0 atom stereocenters. The van der Waals surface area contributed by atoms with Crippen LogP contribution in [0.25, 0.3) is 0 Å². The molecule has 65 valence electrons. The van der Waals surface area contributed by atoms with Crippen LogP contribution in [0, 0.1) is 6.92 Å². The zero-order valence-corrected chi connectivity index (χ0v) is 6.81. The number of hydrogen-bond donors (Lipinski definition) is 0. The third-order valence-corrected chi connectivity index (χ3v) is 1.61. The topological polar surface area (TPSA) is 9.23 Å². The molecule has 4 heteroatoms. The molecule has 0 aliphatic rings. The molecule has 0 aliphatic carbocycles. The first kappa shape index (κ1) is 9.26. The number of benzene rings is 1. The maximum atomic E-state index is 11.7. The Labute approximate surface area is 73.9 Å². The van der Waals surface area contributed by atoms with Gasteiger partial charge in [-0.25, -0.2) is 0 Å². The molecule has 12 heavy (non-hydrogen) atoms. The molecule has 0 saturated carbocycles. The monoisotopic (exact) mass is 191 g/mol. The molecule has 0 saturated heterocycles. The number of rotatable bonds is 2. The highest BCUT2D eigenvalue weighted by Crippen LogP contribution is 2.22. The molecule has 0 spiro atoms. The fourth-order valence-corrected chi connectivity index (χ4v) is 0.845. The Morgan fingerprint density at radius 1 is 1.42 bits per heavy atom. The summed E-state index contributed by atoms with van der Waals surface area (Å²) < 4.78 is 27.5. The van der Waals surface area contributed by atoms with Crippen molar-refractivity contribution in [2.24, 2.45) is 0 Å². The van der Waals surface area contributed by atoms with E-state index in [1.807, 2.05) is 0 Å². The minimum atomic E-state index is -2.81. The Kier molecular flexibility index (Phi) is 2.87. The van der Waals surface area contributed by atoms with Gasteiger partial charge in [0.15, 0.2) is 0 Å². The fraction of sp³-hybridized carbons (Fsp3) is 0.125. The highest BCUT2D eigenvalue weighted by molar-refractivity contribution is 6.31. The van der Waals surface area contributed by atoms with Crippen LogP contribution in [0.1, 0.15) is 5.56 Å². The van der Waals surface area contributed by atoms with Gasteiger partial charge in [0.05, 0.1) is 0 Å². The van der Waals surface area contributed by atoms with Gasteiger partial charge in [-0.15, -0.1) is 0 Å². The summed E-state index contributed by atoms with van der Waals surface area (Å²) in [5.74, 6) is 0.0689. The lowest BCUT2D eigenvalue weighted by molar-refractivity contribution is -0.0498. The average molecular weight is 192 g/mol. The van der Waals surface area contributed by atoms with E-state index in [1.165, 1.54) is 18.2 Å². The van der Waals surface area contributed by atoms with Crippen molar-refractivity contribution in [2.75, 3.05) is 0 Å². The second-order valence-corrected chi connectivity index (χ2v) is 2.54. The van der Waals surface area contributed by atoms with Gasteiger partial charge < -0.3 is 4.74 Å². The highest BCUT2D eigenvalue weighted by atomic mass is 35.5. The maximum absolute atomic E-state index is 11.7. The van der Waals surface area contributed by atoms with Crippen LogP contribution in [0.2, 0.25) is 5.02 Å². The van der Waals surface area contributed by atoms with Crippen LogP contribution in [-0.2, 0) is 0 Å². The Hall–Kier alpha value is -0.830. The Morgan fingerprint density at radius 2 is 2.08 bits per heavy atom. The van der Waals surface area contributed by atoms with Gasteiger partial charge in [0.1, 0.15) is 5.75 Å². The minimum absolute atomic E-state index is 0.0689. The van der Waals surface area contributed by atoms with E-state index in [4.69, 9.17) is 11.6 Å². The Balaban J connectivity index is 2.82. The first-order valence-corrected chi connectivity index (χ1v) is 3.53. The van der Waals surface area contributed by atoms with E-state index in [-0.39, 0.29) is 5.75 Å². The van der Waals surface area contributed by atoms with Crippen molar-refractivity contribution < 1.29 is 13.5 Å². The summed E-state index contributed by atoms with van der Waals surface area (Å²) in [7, 11) is 0. The second-order valence-electron chi connectivity index (χ2n) is 2.13. The summed E-state index contributed by atoms with van der Waals surface area (Å²) in [4.78, 5) is 0. The maximum Gasteiger partial charge on any atom is 0.387 e. The van der Waals surface area contributed by atoms with E-state index >= 15 is 0 Å². The molecule has 1 aromatic rings. The van der Waals surface area contributed by atoms with E-state index in [9.17, 15) is 8.78 Å². The van der Waals surface area contributed by atoms with Crippen LogP contribution in [0.4, 0.5) is 8.78 Å². The zero-order chi connectivity index (χ0) is 9.14. The van der Waals surface area contributed by atoms with Crippen LogP contribution in [0.3, 0.4) is 0 Å². The van der Waals surface area contributed by atoms with Crippen LogP contribution < -0.4 is 4.74 Å². The molecule has 0 bridgehead atoms. The van der Waals surface area contributed by atoms with Crippen molar-refractivity contribution in [3.8, 4) is 5.75 Å². The summed E-state index contributed by atoms with van der Waals surface area (Å²) in [6.45, 7) is 0.717. The van der Waals surface area contributed by atoms with Crippen molar-refractivity contribution in [1.29, 1.82) is 0 Å². The number of halogens is 3. The molecule has 0 N–H and O–H groups in total. The van der Waals surface area contributed by atoms with Gasteiger partial charge in [-0.2, -0.15) is 8.78 Å². The van der Waals surface area contributed by atoms with Crippen molar-refractivity contribution in [2.45, 2.75) is 6.61 Å². The summed E-state index contributed by atoms with van der Waals surface area (Å²) >= 11 is 5.61. The predicted octanol–water partition coefficient (Wildman–Crippen LogP) is 3.12. The quantitative estimate of drug-likeness (QED) is 0.698. The van der Waals surface area contributed by atoms with Gasteiger partial charge in [-0.3, -0.25) is 0 Å². The van der Waals surface area contributed by atoms with Gasteiger partial charge in [0.2, 0.25) is 0 Å². The minimum Gasteiger partial charge on any atom is -0.435 e. The number of ether oxygens (including phenoxy) is 1. The summed E-state index contributed by atoms with van der Waals surface area (Å²) in [6, 6.07) is 4.18. The largest absolute Gasteiger partial charge is 0.435 e. The van der Waals surface area contributed by atoms with Gasteiger partial charge in [0.25, 0.3) is 0 Å². The van der Waals surface area contributed by atoms with Gasteiger partial charge in [-0.05, 0) is 30.7 Å². The molecule has 0 unspecified atom stereocenters. The number of hydrogen-bond acceptors (Lipinski definition) is 1. The van der Waals surface area contributed by atoms with E-state index in [2.05, 4.69) is 11.7 Å². The van der Waals surface area contributed by atoms with E-state index in [0.717, 1.165) is 0 Å². The standard InChI is InChI=1S/C8H6ClF2O/c1-5-4-6(12-8(10)11)2-3-7(5)9/h2-4,8H,1H2. The van der Waals surface area contributed by atoms with E-state index in [1.54, 1.807) is 0 Å². The first-order valence-electron chi connectivity index (χ1n) is 3.16. The lowest BCUT2D eigenvalue weighted by atomic mass is 10.2. The van der Waals surface area contributed by atoms with E-state index < -0.39 is 6.61 Å². The SMILES string of the molecule is [CH2]c1cc(OC(F)F)ccc1Cl. The van der Waals surface area contributed by atoms with Crippen molar-refractivity contribution in [3.63, 3.8) is 0 Å². The summed E-state index contributed by atoms with van der Waals surface area (Å²) in [5, 5.41) is 0.427. The molecule has 0 heterocycles. The number of alkyl halides is 2. The van der Waals surface area contributed by atoms with Gasteiger partial charge in [0, 0.05) is 5.02 Å². The molecular weight excluding hydrogens is 186 g/mol. The average Bonchev–Trinajstić information content (AvgIpc) is 1.96. The summed E-state index contributed by atoms with van der Waals surface area (Å²) in [6.07, 6.45) is 0. The third-order valence-electron chi connectivity index (χ3n) is 1.24. The lowest BCUT2D eigenvalue weighted by Crippen LogP contribution is -2.01. The molecule has 0 aliphatic heterocycles. The fourth-order valence-electron chi connectivity index (χ4n) is 0.727. The smallest absolute Gasteiger partial charge is 0.387 e. The van der Waals surface area contributed by atoms with Crippen molar-refractivity contribution >= 4 is 11.6 Å². The molecular formula is C8H6ClF2O. The molecule has 1 nitrogen and oxygen atoms in total. The molecule has 0 fully saturated rings. The Morgan fingerprint density at radius 3 is 2.58 bits per heavy atom. The zero-order valence-electron chi connectivity index (χ0n) is 6.06. The van der Waals surface area contributed by atoms with Crippen LogP contribution in [0.15, 0.2) is 18.2 Å². The van der Waals surface area contributed by atoms with Crippen molar-refractivity contribution in [1.82, 2.24) is 0 Å². The van der Waals surface area contributed by atoms with Crippen molar-refractivity contribution in [3.05, 3.63) is 35.7 Å². The van der Waals surface area contributed by atoms with Crippen LogP contribution >= 0.6 is 11.6 Å². The van der Waals surface area contributed by atoms with Crippen LogP contribution in [-0.4, -0.2) is 6.61 Å². The molecule has 1 radical (unpaired) electrons. The highest BCUT2D eigenvalue weighted by Gasteiger charge is 2.04. The van der Waals surface area contributed by atoms with Gasteiger partial charge in [-0.1, -0.05) is 11.6 Å². The molecule has 0 amide bonds. The molecule has 0 aromatic heterocycles. The predicted molar refractivity (Wildman–Crippen MR) is 42.5 cm³/mol. The Bertz CT molecular complexity index is 276. The third kappa shape index (κ3) is 2.34. The normalized spacial score (nSPS) is 10.4. The van der Waals surface area contributed by atoms with E-state index in [0.29, 0.717) is 10.6 Å². The second kappa shape index (κ2) is 3.72. The first-order chi connectivity index (χ1) is 5.59.